The van der Waals surface area contributed by atoms with Crippen molar-refractivity contribution in [3.05, 3.63) is 5.82 Å². The molecule has 74 valence electrons. The third kappa shape index (κ3) is 2.42. The normalized spacial score (nSPS) is 10.4. The van der Waals surface area contributed by atoms with E-state index in [2.05, 4.69) is 33.9 Å². The Bertz CT molecular complexity index is 240. The number of hydrogen-bond donors (Lipinski definition) is 2. The molecular formula is C8H17N5. The summed E-state index contributed by atoms with van der Waals surface area (Å²) < 4.78 is 0. The van der Waals surface area contributed by atoms with Crippen molar-refractivity contribution < 1.29 is 0 Å². The van der Waals surface area contributed by atoms with Gasteiger partial charge < -0.3 is 10.6 Å². The molecule has 0 amide bonds. The zero-order chi connectivity index (χ0) is 9.68. The SMILES string of the molecule is CCN(CC)c1n[nH]c(CCN)n1. The van der Waals surface area contributed by atoms with Crippen LogP contribution < -0.4 is 10.6 Å². The lowest BCUT2D eigenvalue weighted by Crippen LogP contribution is -2.23. The van der Waals surface area contributed by atoms with Crippen LogP contribution in [-0.2, 0) is 6.42 Å². The highest BCUT2D eigenvalue weighted by Gasteiger charge is 2.07. The Morgan fingerprint density at radius 3 is 2.62 bits per heavy atom. The quantitative estimate of drug-likeness (QED) is 0.681. The fourth-order valence-electron chi connectivity index (χ4n) is 1.18. The smallest absolute Gasteiger partial charge is 0.244 e. The van der Waals surface area contributed by atoms with Crippen molar-refractivity contribution in [2.24, 2.45) is 5.73 Å². The zero-order valence-electron chi connectivity index (χ0n) is 8.25. The average Bonchev–Trinajstić information content (AvgIpc) is 2.56. The molecule has 0 atom stereocenters. The molecule has 3 N–H and O–H groups in total. The summed E-state index contributed by atoms with van der Waals surface area (Å²) in [5.74, 6) is 1.64. The summed E-state index contributed by atoms with van der Waals surface area (Å²) in [6.07, 6.45) is 0.758. The summed E-state index contributed by atoms with van der Waals surface area (Å²) in [6.45, 7) is 6.63. The minimum Gasteiger partial charge on any atom is -0.340 e. The van der Waals surface area contributed by atoms with E-state index in [1.807, 2.05) is 0 Å². The van der Waals surface area contributed by atoms with Crippen molar-refractivity contribution in [2.75, 3.05) is 24.5 Å². The van der Waals surface area contributed by atoms with Crippen molar-refractivity contribution in [1.29, 1.82) is 0 Å². The maximum Gasteiger partial charge on any atom is 0.244 e. The fourth-order valence-corrected chi connectivity index (χ4v) is 1.18. The number of H-pyrrole nitrogens is 1. The van der Waals surface area contributed by atoms with Crippen LogP contribution in [0.4, 0.5) is 5.95 Å². The van der Waals surface area contributed by atoms with E-state index in [1.54, 1.807) is 0 Å². The molecule has 1 heterocycles. The Hall–Kier alpha value is -1.10. The van der Waals surface area contributed by atoms with Crippen LogP contribution in [0.15, 0.2) is 0 Å². The average molecular weight is 183 g/mol. The fraction of sp³-hybridized carbons (Fsp3) is 0.750. The van der Waals surface area contributed by atoms with Gasteiger partial charge in [0, 0.05) is 19.5 Å². The molecule has 5 nitrogen and oxygen atoms in total. The lowest BCUT2D eigenvalue weighted by molar-refractivity contribution is 0.824. The lowest BCUT2D eigenvalue weighted by Gasteiger charge is -2.14. The van der Waals surface area contributed by atoms with Gasteiger partial charge in [0.05, 0.1) is 0 Å². The Morgan fingerprint density at radius 1 is 1.38 bits per heavy atom. The summed E-state index contributed by atoms with van der Waals surface area (Å²) in [5.41, 5.74) is 5.41. The first-order chi connectivity index (χ1) is 6.31. The molecule has 5 heteroatoms. The Balaban J connectivity index is 2.66. The van der Waals surface area contributed by atoms with Gasteiger partial charge in [-0.25, -0.2) is 0 Å². The zero-order valence-corrected chi connectivity index (χ0v) is 8.25. The first-order valence-electron chi connectivity index (χ1n) is 4.68. The van der Waals surface area contributed by atoms with Crippen molar-refractivity contribution >= 4 is 5.95 Å². The molecule has 1 aromatic heterocycles. The lowest BCUT2D eigenvalue weighted by atomic mass is 10.4. The number of nitrogens with zero attached hydrogens (tertiary/aromatic N) is 3. The van der Waals surface area contributed by atoms with Gasteiger partial charge in [-0.15, -0.1) is 5.10 Å². The van der Waals surface area contributed by atoms with Gasteiger partial charge >= 0.3 is 0 Å². The van der Waals surface area contributed by atoms with E-state index < -0.39 is 0 Å². The third-order valence-corrected chi connectivity index (χ3v) is 1.95. The second-order valence-corrected chi connectivity index (χ2v) is 2.79. The first kappa shape index (κ1) is 9.98. The van der Waals surface area contributed by atoms with Gasteiger partial charge in [-0.1, -0.05) is 0 Å². The third-order valence-electron chi connectivity index (χ3n) is 1.95. The summed E-state index contributed by atoms with van der Waals surface area (Å²) in [4.78, 5) is 6.42. The predicted molar refractivity (Wildman–Crippen MR) is 52.7 cm³/mol. The largest absolute Gasteiger partial charge is 0.340 e. The van der Waals surface area contributed by atoms with Crippen LogP contribution in [-0.4, -0.2) is 34.8 Å². The van der Waals surface area contributed by atoms with E-state index >= 15 is 0 Å². The predicted octanol–water partition coefficient (Wildman–Crippen LogP) is 0.152. The summed E-state index contributed by atoms with van der Waals surface area (Å²) in [7, 11) is 0. The minimum absolute atomic E-state index is 0.604. The number of hydrogen-bond acceptors (Lipinski definition) is 4. The number of nitrogens with one attached hydrogen (secondary N) is 1. The van der Waals surface area contributed by atoms with Gasteiger partial charge in [0.1, 0.15) is 5.82 Å². The molecule has 0 saturated carbocycles. The molecule has 0 aliphatic carbocycles. The Labute approximate surface area is 78.3 Å². The Kier molecular flexibility index (Phi) is 3.70. The number of anilines is 1. The number of aromatic amines is 1. The highest BCUT2D eigenvalue weighted by Crippen LogP contribution is 2.05. The second kappa shape index (κ2) is 4.81. The van der Waals surface area contributed by atoms with Crippen LogP contribution in [0.1, 0.15) is 19.7 Å². The molecule has 0 aromatic carbocycles. The van der Waals surface area contributed by atoms with Gasteiger partial charge in [-0.05, 0) is 20.4 Å². The molecule has 0 bridgehead atoms. The molecule has 1 aromatic rings. The van der Waals surface area contributed by atoms with Gasteiger partial charge in [0.2, 0.25) is 5.95 Å². The molecule has 0 spiro atoms. The van der Waals surface area contributed by atoms with E-state index in [9.17, 15) is 0 Å². The highest BCUT2D eigenvalue weighted by molar-refractivity contribution is 5.27. The van der Waals surface area contributed by atoms with Crippen LogP contribution >= 0.6 is 0 Å². The molecule has 1 rings (SSSR count). The van der Waals surface area contributed by atoms with E-state index in [0.717, 1.165) is 31.3 Å². The van der Waals surface area contributed by atoms with E-state index in [4.69, 9.17) is 5.73 Å². The van der Waals surface area contributed by atoms with Gasteiger partial charge in [0.25, 0.3) is 0 Å². The van der Waals surface area contributed by atoms with Crippen LogP contribution in [0.3, 0.4) is 0 Å². The Morgan fingerprint density at radius 2 is 2.08 bits per heavy atom. The van der Waals surface area contributed by atoms with Gasteiger partial charge in [-0.2, -0.15) is 4.98 Å². The second-order valence-electron chi connectivity index (χ2n) is 2.79. The molecule has 13 heavy (non-hydrogen) atoms. The topological polar surface area (TPSA) is 70.8 Å². The van der Waals surface area contributed by atoms with E-state index in [-0.39, 0.29) is 0 Å². The first-order valence-corrected chi connectivity index (χ1v) is 4.68. The van der Waals surface area contributed by atoms with Gasteiger partial charge in [-0.3, -0.25) is 5.10 Å². The molecule has 0 saturated heterocycles. The van der Waals surface area contributed by atoms with Crippen LogP contribution in [0.25, 0.3) is 0 Å². The molecule has 0 unspecified atom stereocenters. The molecule has 0 aliphatic rings. The number of aromatic nitrogens is 3. The number of rotatable bonds is 5. The van der Waals surface area contributed by atoms with Gasteiger partial charge in [0.15, 0.2) is 0 Å². The molecular weight excluding hydrogens is 166 g/mol. The van der Waals surface area contributed by atoms with Crippen molar-refractivity contribution in [2.45, 2.75) is 20.3 Å². The summed E-state index contributed by atoms with van der Waals surface area (Å²) >= 11 is 0. The molecule has 0 fully saturated rings. The molecule has 0 radical (unpaired) electrons. The van der Waals surface area contributed by atoms with E-state index in [0.29, 0.717) is 6.54 Å². The van der Waals surface area contributed by atoms with E-state index in [1.165, 1.54) is 0 Å². The van der Waals surface area contributed by atoms with Crippen LogP contribution in [0.5, 0.6) is 0 Å². The van der Waals surface area contributed by atoms with Crippen molar-refractivity contribution in [3.63, 3.8) is 0 Å². The summed E-state index contributed by atoms with van der Waals surface area (Å²) in [6, 6.07) is 0. The van der Waals surface area contributed by atoms with Crippen molar-refractivity contribution in [3.8, 4) is 0 Å². The maximum absolute atomic E-state index is 5.41. The molecule has 0 aliphatic heterocycles. The highest BCUT2D eigenvalue weighted by atomic mass is 15.3. The van der Waals surface area contributed by atoms with Crippen molar-refractivity contribution in [1.82, 2.24) is 15.2 Å². The van der Waals surface area contributed by atoms with Crippen LogP contribution in [0.2, 0.25) is 0 Å². The number of nitrogens with two attached hydrogens (primary N) is 1. The van der Waals surface area contributed by atoms with Crippen LogP contribution in [0, 0.1) is 0 Å². The maximum atomic E-state index is 5.41. The standard InChI is InChI=1S/C8H17N5/c1-3-13(4-2)8-10-7(5-6-9)11-12-8/h3-6,9H2,1-2H3,(H,10,11,12). The minimum atomic E-state index is 0.604. The summed E-state index contributed by atoms with van der Waals surface area (Å²) in [5, 5.41) is 6.98. The monoisotopic (exact) mass is 183 g/mol.